The van der Waals surface area contributed by atoms with Gasteiger partial charge in [0.15, 0.2) is 0 Å². The molecule has 2 aromatic rings. The molecule has 112 valence electrons. The fourth-order valence-electron chi connectivity index (χ4n) is 2.57. The molecule has 0 aliphatic carbocycles. The van der Waals surface area contributed by atoms with Gasteiger partial charge in [-0.15, -0.1) is 0 Å². The molecule has 0 aliphatic rings. The SMILES string of the molecule is CCOc1ccccc1C(Cc1ccc(CC)cc1)NC. The zero-order valence-corrected chi connectivity index (χ0v) is 13.2. The van der Waals surface area contributed by atoms with E-state index in [9.17, 15) is 0 Å². The van der Waals surface area contributed by atoms with Gasteiger partial charge in [-0.2, -0.15) is 0 Å². The Bertz CT molecular complexity index is 548. The number of para-hydroxylation sites is 1. The van der Waals surface area contributed by atoms with Gasteiger partial charge in [0, 0.05) is 11.6 Å². The molecule has 1 unspecified atom stereocenters. The Hall–Kier alpha value is -1.80. The van der Waals surface area contributed by atoms with E-state index in [0.29, 0.717) is 6.61 Å². The Balaban J connectivity index is 2.19. The highest BCUT2D eigenvalue weighted by Crippen LogP contribution is 2.27. The second-order valence-electron chi connectivity index (χ2n) is 5.19. The lowest BCUT2D eigenvalue weighted by molar-refractivity contribution is 0.332. The van der Waals surface area contributed by atoms with Crippen molar-refractivity contribution in [2.45, 2.75) is 32.7 Å². The molecule has 0 saturated carbocycles. The second-order valence-corrected chi connectivity index (χ2v) is 5.19. The molecule has 0 bridgehead atoms. The van der Waals surface area contributed by atoms with Gasteiger partial charge in [-0.1, -0.05) is 49.4 Å². The van der Waals surface area contributed by atoms with E-state index >= 15 is 0 Å². The molecule has 2 aromatic carbocycles. The number of likely N-dealkylation sites (N-methyl/N-ethyl adjacent to an activating group) is 1. The van der Waals surface area contributed by atoms with E-state index in [1.807, 2.05) is 26.1 Å². The highest BCUT2D eigenvalue weighted by Gasteiger charge is 2.14. The first-order valence-corrected chi connectivity index (χ1v) is 7.75. The van der Waals surface area contributed by atoms with Crippen LogP contribution in [0, 0.1) is 0 Å². The number of nitrogens with one attached hydrogen (secondary N) is 1. The first kappa shape index (κ1) is 15.6. The Morgan fingerprint density at radius 3 is 2.24 bits per heavy atom. The fourth-order valence-corrected chi connectivity index (χ4v) is 2.57. The first-order valence-electron chi connectivity index (χ1n) is 7.75. The van der Waals surface area contributed by atoms with Crippen LogP contribution in [0.5, 0.6) is 5.75 Å². The van der Waals surface area contributed by atoms with E-state index in [0.717, 1.165) is 18.6 Å². The lowest BCUT2D eigenvalue weighted by Crippen LogP contribution is -2.19. The molecule has 2 nitrogen and oxygen atoms in total. The summed E-state index contributed by atoms with van der Waals surface area (Å²) in [5.41, 5.74) is 3.95. The summed E-state index contributed by atoms with van der Waals surface area (Å²) in [4.78, 5) is 0. The van der Waals surface area contributed by atoms with Gasteiger partial charge in [0.25, 0.3) is 0 Å². The molecule has 21 heavy (non-hydrogen) atoms. The molecule has 1 atom stereocenters. The second kappa shape index (κ2) is 7.84. The summed E-state index contributed by atoms with van der Waals surface area (Å²) in [5, 5.41) is 3.41. The lowest BCUT2D eigenvalue weighted by Gasteiger charge is -2.20. The Kier molecular flexibility index (Phi) is 5.82. The van der Waals surface area contributed by atoms with Crippen LogP contribution < -0.4 is 10.1 Å². The van der Waals surface area contributed by atoms with E-state index in [2.05, 4.69) is 48.6 Å². The summed E-state index contributed by atoms with van der Waals surface area (Å²) in [6.07, 6.45) is 2.05. The van der Waals surface area contributed by atoms with Crippen molar-refractivity contribution < 1.29 is 4.74 Å². The van der Waals surface area contributed by atoms with Gasteiger partial charge in [-0.3, -0.25) is 0 Å². The molecular formula is C19H25NO. The Morgan fingerprint density at radius 2 is 1.62 bits per heavy atom. The average Bonchev–Trinajstić information content (AvgIpc) is 2.54. The highest BCUT2D eigenvalue weighted by atomic mass is 16.5. The quantitative estimate of drug-likeness (QED) is 0.824. The van der Waals surface area contributed by atoms with Crippen molar-refractivity contribution in [3.8, 4) is 5.75 Å². The minimum atomic E-state index is 0.264. The minimum Gasteiger partial charge on any atom is -0.494 e. The summed E-state index contributed by atoms with van der Waals surface area (Å²) < 4.78 is 5.75. The minimum absolute atomic E-state index is 0.264. The predicted molar refractivity (Wildman–Crippen MR) is 88.9 cm³/mol. The lowest BCUT2D eigenvalue weighted by atomic mass is 9.97. The van der Waals surface area contributed by atoms with Gasteiger partial charge in [-0.25, -0.2) is 0 Å². The van der Waals surface area contributed by atoms with Crippen molar-refractivity contribution >= 4 is 0 Å². The van der Waals surface area contributed by atoms with Gasteiger partial charge < -0.3 is 10.1 Å². The van der Waals surface area contributed by atoms with Crippen molar-refractivity contribution in [1.82, 2.24) is 5.32 Å². The number of ether oxygens (including phenoxy) is 1. The normalized spacial score (nSPS) is 12.1. The molecule has 0 amide bonds. The molecule has 0 aromatic heterocycles. The molecular weight excluding hydrogens is 258 g/mol. The van der Waals surface area contributed by atoms with E-state index in [-0.39, 0.29) is 6.04 Å². The zero-order chi connectivity index (χ0) is 15.1. The smallest absolute Gasteiger partial charge is 0.124 e. The van der Waals surface area contributed by atoms with Crippen molar-refractivity contribution in [2.24, 2.45) is 0 Å². The highest BCUT2D eigenvalue weighted by molar-refractivity contribution is 5.37. The molecule has 0 aliphatic heterocycles. The summed E-state index contributed by atoms with van der Waals surface area (Å²) in [5.74, 6) is 0.976. The van der Waals surface area contributed by atoms with E-state index in [1.165, 1.54) is 16.7 Å². The van der Waals surface area contributed by atoms with Gasteiger partial charge in [-0.05, 0) is 44.0 Å². The van der Waals surface area contributed by atoms with Crippen LogP contribution in [0.15, 0.2) is 48.5 Å². The summed E-state index contributed by atoms with van der Waals surface area (Å²) in [7, 11) is 2.01. The molecule has 2 heteroatoms. The van der Waals surface area contributed by atoms with Crippen LogP contribution >= 0.6 is 0 Å². The van der Waals surface area contributed by atoms with Crippen molar-refractivity contribution in [1.29, 1.82) is 0 Å². The van der Waals surface area contributed by atoms with Crippen LogP contribution in [-0.4, -0.2) is 13.7 Å². The number of rotatable bonds is 7. The van der Waals surface area contributed by atoms with Gasteiger partial charge in [0.2, 0.25) is 0 Å². The monoisotopic (exact) mass is 283 g/mol. The third-order valence-electron chi connectivity index (χ3n) is 3.81. The van der Waals surface area contributed by atoms with Crippen LogP contribution in [0.25, 0.3) is 0 Å². The van der Waals surface area contributed by atoms with Gasteiger partial charge >= 0.3 is 0 Å². The summed E-state index contributed by atoms with van der Waals surface area (Å²) >= 11 is 0. The maximum Gasteiger partial charge on any atom is 0.124 e. The summed E-state index contributed by atoms with van der Waals surface area (Å²) in [6.45, 7) is 4.90. The molecule has 0 fully saturated rings. The third kappa shape index (κ3) is 4.08. The predicted octanol–water partition coefficient (Wildman–Crippen LogP) is 4.15. The van der Waals surface area contributed by atoms with Crippen LogP contribution in [0.2, 0.25) is 0 Å². The Labute approximate surface area is 128 Å². The molecule has 0 radical (unpaired) electrons. The van der Waals surface area contributed by atoms with Crippen molar-refractivity contribution in [3.05, 3.63) is 65.2 Å². The number of aryl methyl sites for hydroxylation is 1. The van der Waals surface area contributed by atoms with E-state index < -0.39 is 0 Å². The van der Waals surface area contributed by atoms with Crippen molar-refractivity contribution in [2.75, 3.05) is 13.7 Å². The van der Waals surface area contributed by atoms with Crippen molar-refractivity contribution in [3.63, 3.8) is 0 Å². The standard InChI is InChI=1S/C19H25NO/c1-4-15-10-12-16(13-11-15)14-18(20-3)17-8-6-7-9-19(17)21-5-2/h6-13,18,20H,4-5,14H2,1-3H3. The fraction of sp³-hybridized carbons (Fsp3) is 0.368. The Morgan fingerprint density at radius 1 is 0.952 bits per heavy atom. The maximum atomic E-state index is 5.75. The largest absolute Gasteiger partial charge is 0.494 e. The van der Waals surface area contributed by atoms with Crippen LogP contribution in [0.1, 0.15) is 36.6 Å². The summed E-state index contributed by atoms with van der Waals surface area (Å²) in [6, 6.07) is 17.4. The first-order chi connectivity index (χ1) is 10.3. The topological polar surface area (TPSA) is 21.3 Å². The average molecular weight is 283 g/mol. The molecule has 0 heterocycles. The van der Waals surface area contributed by atoms with E-state index in [1.54, 1.807) is 0 Å². The number of hydrogen-bond acceptors (Lipinski definition) is 2. The van der Waals surface area contributed by atoms with E-state index in [4.69, 9.17) is 4.74 Å². The molecule has 0 saturated heterocycles. The maximum absolute atomic E-state index is 5.75. The van der Waals surface area contributed by atoms with Crippen LogP contribution in [0.3, 0.4) is 0 Å². The number of hydrogen-bond donors (Lipinski definition) is 1. The molecule has 0 spiro atoms. The van der Waals surface area contributed by atoms with Gasteiger partial charge in [0.1, 0.15) is 5.75 Å². The zero-order valence-electron chi connectivity index (χ0n) is 13.2. The molecule has 2 rings (SSSR count). The third-order valence-corrected chi connectivity index (χ3v) is 3.81. The van der Waals surface area contributed by atoms with Gasteiger partial charge in [0.05, 0.1) is 6.61 Å². The number of benzene rings is 2. The van der Waals surface area contributed by atoms with Crippen LogP contribution in [-0.2, 0) is 12.8 Å². The molecule has 1 N–H and O–H groups in total. The van der Waals surface area contributed by atoms with Crippen LogP contribution in [0.4, 0.5) is 0 Å².